The van der Waals surface area contributed by atoms with Crippen LogP contribution in [0, 0.1) is 11.3 Å². The SMILES string of the molecule is CCNC1CCCC1CCOCCC(C)(C)C. The Labute approximate surface area is 108 Å². The molecule has 0 aliphatic heterocycles. The fourth-order valence-electron chi connectivity index (χ4n) is 2.63. The zero-order valence-corrected chi connectivity index (χ0v) is 12.2. The lowest BCUT2D eigenvalue weighted by Crippen LogP contribution is -2.32. The van der Waals surface area contributed by atoms with Crippen LogP contribution in [0.15, 0.2) is 0 Å². The summed E-state index contributed by atoms with van der Waals surface area (Å²) in [7, 11) is 0. The zero-order chi connectivity index (χ0) is 12.7. The van der Waals surface area contributed by atoms with Crippen molar-refractivity contribution >= 4 is 0 Å². The topological polar surface area (TPSA) is 21.3 Å². The van der Waals surface area contributed by atoms with Gasteiger partial charge >= 0.3 is 0 Å². The highest BCUT2D eigenvalue weighted by atomic mass is 16.5. The van der Waals surface area contributed by atoms with Crippen LogP contribution in [-0.2, 0) is 4.74 Å². The third kappa shape index (κ3) is 6.42. The number of ether oxygens (including phenoxy) is 1. The lowest BCUT2D eigenvalue weighted by Gasteiger charge is -2.21. The summed E-state index contributed by atoms with van der Waals surface area (Å²) >= 11 is 0. The van der Waals surface area contributed by atoms with Crippen molar-refractivity contribution < 1.29 is 4.74 Å². The zero-order valence-electron chi connectivity index (χ0n) is 12.2. The van der Waals surface area contributed by atoms with Crippen molar-refractivity contribution in [1.29, 1.82) is 0 Å². The Morgan fingerprint density at radius 1 is 1.18 bits per heavy atom. The molecule has 2 atom stereocenters. The number of nitrogens with one attached hydrogen (secondary N) is 1. The molecule has 1 aliphatic rings. The predicted molar refractivity (Wildman–Crippen MR) is 74.3 cm³/mol. The van der Waals surface area contributed by atoms with Crippen molar-refractivity contribution in [2.75, 3.05) is 19.8 Å². The maximum atomic E-state index is 5.77. The molecule has 0 saturated heterocycles. The van der Waals surface area contributed by atoms with Gasteiger partial charge in [-0.25, -0.2) is 0 Å². The minimum absolute atomic E-state index is 0.402. The second-order valence-corrected chi connectivity index (χ2v) is 6.57. The highest BCUT2D eigenvalue weighted by Gasteiger charge is 2.25. The molecule has 17 heavy (non-hydrogen) atoms. The van der Waals surface area contributed by atoms with Gasteiger partial charge in [-0.05, 0) is 43.6 Å². The second-order valence-electron chi connectivity index (χ2n) is 6.57. The highest BCUT2D eigenvalue weighted by molar-refractivity contribution is 4.82. The molecule has 1 saturated carbocycles. The Bertz CT molecular complexity index is 198. The first-order valence-electron chi connectivity index (χ1n) is 7.34. The van der Waals surface area contributed by atoms with E-state index in [1.54, 1.807) is 0 Å². The standard InChI is InChI=1S/C15H31NO/c1-5-16-14-8-6-7-13(14)9-11-17-12-10-15(2,3)4/h13-14,16H,5-12H2,1-4H3. The Morgan fingerprint density at radius 3 is 2.59 bits per heavy atom. The molecular weight excluding hydrogens is 210 g/mol. The fraction of sp³-hybridized carbons (Fsp3) is 1.00. The highest BCUT2D eigenvalue weighted by Crippen LogP contribution is 2.28. The first-order valence-corrected chi connectivity index (χ1v) is 7.34. The monoisotopic (exact) mass is 241 g/mol. The average molecular weight is 241 g/mol. The summed E-state index contributed by atoms with van der Waals surface area (Å²) in [5.41, 5.74) is 0.402. The van der Waals surface area contributed by atoms with Crippen molar-refractivity contribution in [2.45, 2.75) is 65.8 Å². The summed E-state index contributed by atoms with van der Waals surface area (Å²) in [5, 5.41) is 3.60. The molecule has 0 radical (unpaired) electrons. The first kappa shape index (κ1) is 15.0. The molecule has 0 aromatic rings. The van der Waals surface area contributed by atoms with Crippen LogP contribution in [0.2, 0.25) is 0 Å². The van der Waals surface area contributed by atoms with Gasteiger partial charge in [0.1, 0.15) is 0 Å². The molecule has 0 spiro atoms. The quantitative estimate of drug-likeness (QED) is 0.688. The molecule has 0 heterocycles. The van der Waals surface area contributed by atoms with Gasteiger partial charge in [0.25, 0.3) is 0 Å². The van der Waals surface area contributed by atoms with E-state index in [1.807, 2.05) is 0 Å². The van der Waals surface area contributed by atoms with Crippen molar-refractivity contribution in [1.82, 2.24) is 5.32 Å². The van der Waals surface area contributed by atoms with E-state index in [9.17, 15) is 0 Å². The molecule has 1 rings (SSSR count). The van der Waals surface area contributed by atoms with Gasteiger partial charge in [-0.15, -0.1) is 0 Å². The van der Waals surface area contributed by atoms with Crippen molar-refractivity contribution in [3.05, 3.63) is 0 Å². The van der Waals surface area contributed by atoms with Crippen LogP contribution in [0.5, 0.6) is 0 Å². The van der Waals surface area contributed by atoms with Crippen LogP contribution in [0.4, 0.5) is 0 Å². The van der Waals surface area contributed by atoms with E-state index >= 15 is 0 Å². The van der Waals surface area contributed by atoms with Crippen LogP contribution in [-0.4, -0.2) is 25.8 Å². The maximum Gasteiger partial charge on any atom is 0.0471 e. The summed E-state index contributed by atoms with van der Waals surface area (Å²) in [6, 6.07) is 0.756. The van der Waals surface area contributed by atoms with Crippen LogP contribution in [0.1, 0.15) is 59.8 Å². The Morgan fingerprint density at radius 2 is 1.94 bits per heavy atom. The van der Waals surface area contributed by atoms with E-state index in [0.29, 0.717) is 5.41 Å². The summed E-state index contributed by atoms with van der Waals surface area (Å²) < 4.78 is 5.77. The minimum atomic E-state index is 0.402. The normalized spacial score (nSPS) is 25.4. The summed E-state index contributed by atoms with van der Waals surface area (Å²) in [5.74, 6) is 0.851. The van der Waals surface area contributed by atoms with Crippen LogP contribution < -0.4 is 5.32 Å². The molecular formula is C15H31NO. The summed E-state index contributed by atoms with van der Waals surface area (Å²) in [6.07, 6.45) is 6.54. The average Bonchev–Trinajstić information content (AvgIpc) is 2.64. The second kappa shape index (κ2) is 7.38. The Hall–Kier alpha value is -0.0800. The van der Waals surface area contributed by atoms with E-state index in [-0.39, 0.29) is 0 Å². The van der Waals surface area contributed by atoms with Gasteiger partial charge in [0.05, 0.1) is 0 Å². The molecule has 1 fully saturated rings. The van der Waals surface area contributed by atoms with Gasteiger partial charge in [-0.2, -0.15) is 0 Å². The molecule has 2 unspecified atom stereocenters. The Kier molecular flexibility index (Phi) is 6.50. The van der Waals surface area contributed by atoms with E-state index < -0.39 is 0 Å². The van der Waals surface area contributed by atoms with Gasteiger partial charge in [-0.1, -0.05) is 34.1 Å². The van der Waals surface area contributed by atoms with Crippen LogP contribution >= 0.6 is 0 Å². The van der Waals surface area contributed by atoms with Crippen molar-refractivity contribution in [2.24, 2.45) is 11.3 Å². The van der Waals surface area contributed by atoms with Gasteiger partial charge < -0.3 is 10.1 Å². The Balaban J connectivity index is 2.06. The van der Waals surface area contributed by atoms with Gasteiger partial charge in [0, 0.05) is 19.3 Å². The molecule has 2 nitrogen and oxygen atoms in total. The van der Waals surface area contributed by atoms with Crippen LogP contribution in [0.25, 0.3) is 0 Å². The molecule has 2 heteroatoms. The molecule has 102 valence electrons. The van der Waals surface area contributed by atoms with E-state index in [0.717, 1.165) is 38.1 Å². The first-order chi connectivity index (χ1) is 8.03. The minimum Gasteiger partial charge on any atom is -0.381 e. The molecule has 0 amide bonds. The number of rotatable bonds is 7. The third-order valence-corrected chi connectivity index (χ3v) is 3.75. The number of hydrogen-bond donors (Lipinski definition) is 1. The van der Waals surface area contributed by atoms with Crippen molar-refractivity contribution in [3.63, 3.8) is 0 Å². The molecule has 0 bridgehead atoms. The van der Waals surface area contributed by atoms with E-state index in [4.69, 9.17) is 4.74 Å². The number of hydrogen-bond acceptors (Lipinski definition) is 2. The third-order valence-electron chi connectivity index (χ3n) is 3.75. The lowest BCUT2D eigenvalue weighted by molar-refractivity contribution is 0.0948. The largest absolute Gasteiger partial charge is 0.381 e. The predicted octanol–water partition coefficient (Wildman–Crippen LogP) is 3.61. The molecule has 0 aromatic heterocycles. The summed E-state index contributed by atoms with van der Waals surface area (Å²) in [6.45, 7) is 12.0. The maximum absolute atomic E-state index is 5.77. The van der Waals surface area contributed by atoms with E-state index in [2.05, 4.69) is 33.0 Å². The van der Waals surface area contributed by atoms with Crippen LogP contribution in [0.3, 0.4) is 0 Å². The lowest BCUT2D eigenvalue weighted by atomic mass is 9.93. The van der Waals surface area contributed by atoms with Gasteiger partial charge in [-0.3, -0.25) is 0 Å². The summed E-state index contributed by atoms with van der Waals surface area (Å²) in [4.78, 5) is 0. The molecule has 1 aliphatic carbocycles. The van der Waals surface area contributed by atoms with Gasteiger partial charge in [0.2, 0.25) is 0 Å². The fourth-order valence-corrected chi connectivity index (χ4v) is 2.63. The van der Waals surface area contributed by atoms with Gasteiger partial charge in [0.15, 0.2) is 0 Å². The molecule has 0 aromatic carbocycles. The smallest absolute Gasteiger partial charge is 0.0471 e. The van der Waals surface area contributed by atoms with Crippen molar-refractivity contribution in [3.8, 4) is 0 Å². The van der Waals surface area contributed by atoms with E-state index in [1.165, 1.54) is 25.7 Å². The molecule has 1 N–H and O–H groups in total.